The molecule has 22 heavy (non-hydrogen) atoms. The molecule has 1 atom stereocenters. The number of hydrogen-bond donors (Lipinski definition) is 1. The summed E-state index contributed by atoms with van der Waals surface area (Å²) in [7, 11) is 0. The lowest BCUT2D eigenvalue weighted by molar-refractivity contribution is 0.109. The van der Waals surface area contributed by atoms with E-state index in [9.17, 15) is 5.11 Å². The first-order chi connectivity index (χ1) is 9.73. The molecule has 1 aromatic rings. The van der Waals surface area contributed by atoms with Gasteiger partial charge in [-0.25, -0.2) is 0 Å². The molecule has 0 amide bonds. The third kappa shape index (κ3) is 2.98. The van der Waals surface area contributed by atoms with Gasteiger partial charge in [0.25, 0.3) is 0 Å². The highest BCUT2D eigenvalue weighted by Gasteiger charge is 2.39. The van der Waals surface area contributed by atoms with Crippen LogP contribution in [-0.2, 0) is 17.3 Å². The van der Waals surface area contributed by atoms with E-state index in [-0.39, 0.29) is 22.3 Å². The zero-order chi connectivity index (χ0) is 17.1. The van der Waals surface area contributed by atoms with Crippen LogP contribution >= 0.6 is 0 Å². The summed E-state index contributed by atoms with van der Waals surface area (Å²) in [5.74, 6) is 1.42. The molecule has 0 spiro atoms. The maximum Gasteiger partial charge on any atom is 0.123 e. The lowest BCUT2D eigenvalue weighted by Crippen LogP contribution is -2.30. The number of phenolic OH excluding ortho intramolecular Hbond substituents is 1. The normalized spacial score (nSPS) is 19.0. The molecule has 0 bridgehead atoms. The van der Waals surface area contributed by atoms with Crippen LogP contribution in [0.15, 0.2) is 6.07 Å². The Labute approximate surface area is 135 Å². The number of aromatic hydroxyl groups is 1. The maximum atomic E-state index is 11.0. The zero-order valence-corrected chi connectivity index (χ0v) is 15.7. The fraction of sp³-hybridized carbons (Fsp3) is 0.700. The van der Waals surface area contributed by atoms with Crippen molar-refractivity contribution in [1.29, 1.82) is 0 Å². The summed E-state index contributed by atoms with van der Waals surface area (Å²) >= 11 is 0. The Morgan fingerprint density at radius 2 is 1.50 bits per heavy atom. The first-order valence-electron chi connectivity index (χ1n) is 8.29. The quantitative estimate of drug-likeness (QED) is 0.701. The van der Waals surface area contributed by atoms with E-state index in [1.807, 2.05) is 0 Å². The van der Waals surface area contributed by atoms with Crippen LogP contribution in [0.4, 0.5) is 0 Å². The van der Waals surface area contributed by atoms with Crippen LogP contribution in [0.2, 0.25) is 0 Å². The minimum atomic E-state index is -0.109. The van der Waals surface area contributed by atoms with Crippen LogP contribution in [-0.4, -0.2) is 11.2 Å². The van der Waals surface area contributed by atoms with Crippen LogP contribution in [0.5, 0.6) is 11.5 Å². The minimum Gasteiger partial charge on any atom is -0.507 e. The first-order valence-corrected chi connectivity index (χ1v) is 8.29. The van der Waals surface area contributed by atoms with Gasteiger partial charge in [0.15, 0.2) is 0 Å². The molecule has 1 aliphatic rings. The fourth-order valence-electron chi connectivity index (χ4n) is 3.24. The van der Waals surface area contributed by atoms with E-state index in [1.165, 1.54) is 5.56 Å². The Morgan fingerprint density at radius 3 is 1.91 bits per heavy atom. The molecular formula is C20H32O2. The number of fused-ring (bicyclic) bond motifs is 1. The predicted molar refractivity (Wildman–Crippen MR) is 93.1 cm³/mol. The lowest BCUT2D eigenvalue weighted by atomic mass is 9.75. The topological polar surface area (TPSA) is 29.5 Å². The molecule has 2 rings (SSSR count). The van der Waals surface area contributed by atoms with Gasteiger partial charge < -0.3 is 9.84 Å². The molecular weight excluding hydrogens is 272 g/mol. The van der Waals surface area contributed by atoms with Crippen molar-refractivity contribution in [3.8, 4) is 11.5 Å². The molecule has 0 saturated carbocycles. The molecule has 1 heterocycles. The summed E-state index contributed by atoms with van der Waals surface area (Å²) in [4.78, 5) is 0. The molecule has 0 saturated heterocycles. The molecule has 0 unspecified atom stereocenters. The molecule has 2 nitrogen and oxygen atoms in total. The number of phenols is 1. The minimum absolute atomic E-state index is 0.0890. The van der Waals surface area contributed by atoms with Crippen LogP contribution < -0.4 is 4.74 Å². The van der Waals surface area contributed by atoms with Crippen molar-refractivity contribution in [3.05, 3.63) is 22.8 Å². The summed E-state index contributed by atoms with van der Waals surface area (Å²) in [6, 6.07) is 2.06. The molecule has 0 radical (unpaired) electrons. The third-order valence-corrected chi connectivity index (χ3v) is 4.55. The first kappa shape index (κ1) is 17.2. The van der Waals surface area contributed by atoms with Crippen molar-refractivity contribution in [2.75, 3.05) is 0 Å². The Hall–Kier alpha value is -1.18. The van der Waals surface area contributed by atoms with Crippen molar-refractivity contribution in [1.82, 2.24) is 0 Å². The smallest absolute Gasteiger partial charge is 0.123 e. The standard InChI is InChI=1S/C20H32O2/c1-18(2,3)13-11-14-12(10-15(22-14)19(4,5)6)16(17(13)21)20(7,8)9/h11,15,21H,10H2,1-9H3/t15-/m0/s1. The molecule has 0 fully saturated rings. The Morgan fingerprint density at radius 1 is 0.955 bits per heavy atom. The monoisotopic (exact) mass is 304 g/mol. The van der Waals surface area contributed by atoms with Gasteiger partial charge in [0.05, 0.1) is 0 Å². The summed E-state index contributed by atoms with van der Waals surface area (Å²) in [6.07, 6.45) is 1.04. The second-order valence-electron chi connectivity index (χ2n) is 9.80. The van der Waals surface area contributed by atoms with Gasteiger partial charge in [0.1, 0.15) is 17.6 Å². The second kappa shape index (κ2) is 4.91. The fourth-order valence-corrected chi connectivity index (χ4v) is 3.24. The summed E-state index contributed by atoms with van der Waals surface area (Å²) in [6.45, 7) is 19.5. The van der Waals surface area contributed by atoms with E-state index in [2.05, 4.69) is 68.4 Å². The van der Waals surface area contributed by atoms with Gasteiger partial charge in [0, 0.05) is 23.1 Å². The largest absolute Gasteiger partial charge is 0.507 e. The number of rotatable bonds is 0. The van der Waals surface area contributed by atoms with Crippen molar-refractivity contribution in [2.24, 2.45) is 5.41 Å². The molecule has 1 aliphatic heterocycles. The summed E-state index contributed by atoms with van der Waals surface area (Å²) in [5.41, 5.74) is 3.10. The second-order valence-corrected chi connectivity index (χ2v) is 9.80. The predicted octanol–water partition coefficient (Wildman–Crippen LogP) is 5.34. The Balaban J connectivity index is 2.68. The van der Waals surface area contributed by atoms with Gasteiger partial charge in [0.2, 0.25) is 0 Å². The van der Waals surface area contributed by atoms with E-state index in [4.69, 9.17) is 4.74 Å². The Bertz CT molecular complexity index is 578. The van der Waals surface area contributed by atoms with Gasteiger partial charge >= 0.3 is 0 Å². The van der Waals surface area contributed by atoms with Crippen LogP contribution in [0, 0.1) is 5.41 Å². The molecule has 1 N–H and O–H groups in total. The van der Waals surface area contributed by atoms with Crippen molar-refractivity contribution >= 4 is 0 Å². The lowest BCUT2D eigenvalue weighted by Gasteiger charge is -2.29. The number of benzene rings is 1. The van der Waals surface area contributed by atoms with Crippen molar-refractivity contribution < 1.29 is 9.84 Å². The van der Waals surface area contributed by atoms with Gasteiger partial charge in [-0.1, -0.05) is 62.3 Å². The maximum absolute atomic E-state index is 11.0. The van der Waals surface area contributed by atoms with Crippen LogP contribution in [0.3, 0.4) is 0 Å². The van der Waals surface area contributed by atoms with E-state index < -0.39 is 0 Å². The summed E-state index contributed by atoms with van der Waals surface area (Å²) in [5, 5.41) is 11.0. The Kier molecular flexibility index (Phi) is 3.83. The van der Waals surface area contributed by atoms with Gasteiger partial charge in [-0.05, 0) is 22.3 Å². The van der Waals surface area contributed by atoms with Crippen molar-refractivity contribution in [2.45, 2.75) is 85.7 Å². The van der Waals surface area contributed by atoms with E-state index >= 15 is 0 Å². The number of hydrogen-bond acceptors (Lipinski definition) is 2. The van der Waals surface area contributed by atoms with E-state index in [0.717, 1.165) is 23.3 Å². The average molecular weight is 304 g/mol. The van der Waals surface area contributed by atoms with Crippen LogP contribution in [0.25, 0.3) is 0 Å². The van der Waals surface area contributed by atoms with Gasteiger partial charge in [-0.15, -0.1) is 0 Å². The van der Waals surface area contributed by atoms with Gasteiger partial charge in [-0.2, -0.15) is 0 Å². The highest BCUT2D eigenvalue weighted by atomic mass is 16.5. The zero-order valence-electron chi connectivity index (χ0n) is 15.7. The van der Waals surface area contributed by atoms with E-state index in [0.29, 0.717) is 5.75 Å². The molecule has 2 heteroatoms. The molecule has 0 aliphatic carbocycles. The van der Waals surface area contributed by atoms with Crippen molar-refractivity contribution in [3.63, 3.8) is 0 Å². The number of ether oxygens (including phenoxy) is 1. The molecule has 1 aromatic carbocycles. The average Bonchev–Trinajstić information content (AvgIpc) is 2.67. The highest BCUT2D eigenvalue weighted by molar-refractivity contribution is 5.59. The third-order valence-electron chi connectivity index (χ3n) is 4.55. The molecule has 0 aromatic heterocycles. The van der Waals surface area contributed by atoms with E-state index in [1.54, 1.807) is 0 Å². The van der Waals surface area contributed by atoms with Crippen LogP contribution in [0.1, 0.15) is 79.0 Å². The highest BCUT2D eigenvalue weighted by Crippen LogP contribution is 2.49. The molecule has 124 valence electrons. The summed E-state index contributed by atoms with van der Waals surface area (Å²) < 4.78 is 6.29. The van der Waals surface area contributed by atoms with Gasteiger partial charge in [-0.3, -0.25) is 0 Å². The SMILES string of the molecule is CC(C)(C)c1cc2c(c(C(C)(C)C)c1O)C[C@@H](C(C)(C)C)O2.